The number of thioether (sulfide) groups is 1. The average Bonchev–Trinajstić information content (AvgIpc) is 2.39. The first-order chi connectivity index (χ1) is 9.49. The van der Waals surface area contributed by atoms with E-state index in [2.05, 4.69) is 0 Å². The van der Waals surface area contributed by atoms with Crippen LogP contribution in [0.1, 0.15) is 5.56 Å². The Kier molecular flexibility index (Phi) is 4.86. The second-order valence-corrected chi connectivity index (χ2v) is 5.72. The Balaban J connectivity index is 2.25. The van der Waals surface area contributed by atoms with Crippen LogP contribution in [-0.2, 0) is 5.75 Å². The summed E-state index contributed by atoms with van der Waals surface area (Å²) in [5, 5.41) is 11.5. The van der Waals surface area contributed by atoms with Crippen molar-refractivity contribution in [3.8, 4) is 0 Å². The normalized spacial score (nSPS) is 10.6. The van der Waals surface area contributed by atoms with Crippen molar-refractivity contribution in [1.82, 2.24) is 0 Å². The highest BCUT2D eigenvalue weighted by molar-refractivity contribution is 7.98. The first-order valence-electron chi connectivity index (χ1n) is 5.48. The summed E-state index contributed by atoms with van der Waals surface area (Å²) in [6, 6.07) is 8.76. The molecule has 0 fully saturated rings. The van der Waals surface area contributed by atoms with Crippen LogP contribution >= 0.6 is 35.0 Å². The van der Waals surface area contributed by atoms with Crippen molar-refractivity contribution in [3.63, 3.8) is 0 Å². The molecular weight excluding hydrogens is 324 g/mol. The number of rotatable bonds is 4. The van der Waals surface area contributed by atoms with Gasteiger partial charge in [0.05, 0.1) is 9.82 Å². The summed E-state index contributed by atoms with van der Waals surface area (Å²) in [5.41, 5.74) is 0.221. The van der Waals surface area contributed by atoms with Crippen LogP contribution < -0.4 is 0 Å². The molecular formula is C13H8Cl2FNO2S. The summed E-state index contributed by atoms with van der Waals surface area (Å²) in [6.07, 6.45) is 0. The van der Waals surface area contributed by atoms with Crippen molar-refractivity contribution >= 4 is 40.7 Å². The van der Waals surface area contributed by atoms with E-state index in [0.29, 0.717) is 15.5 Å². The fourth-order valence-electron chi connectivity index (χ4n) is 1.58. The van der Waals surface area contributed by atoms with Gasteiger partial charge in [0, 0.05) is 27.4 Å². The highest BCUT2D eigenvalue weighted by Crippen LogP contribution is 2.35. The molecule has 2 aromatic rings. The quantitative estimate of drug-likeness (QED) is 0.432. The lowest BCUT2D eigenvalue weighted by Crippen LogP contribution is -1.93. The zero-order chi connectivity index (χ0) is 14.7. The Hall–Kier alpha value is -1.30. The molecule has 0 heterocycles. The van der Waals surface area contributed by atoms with Gasteiger partial charge in [-0.15, -0.1) is 11.8 Å². The van der Waals surface area contributed by atoms with E-state index in [1.54, 1.807) is 18.2 Å². The van der Waals surface area contributed by atoms with E-state index < -0.39 is 10.7 Å². The molecule has 2 aromatic carbocycles. The van der Waals surface area contributed by atoms with Gasteiger partial charge >= 0.3 is 0 Å². The summed E-state index contributed by atoms with van der Waals surface area (Å²) in [6.45, 7) is 0. The zero-order valence-corrected chi connectivity index (χ0v) is 12.3. The van der Waals surface area contributed by atoms with Gasteiger partial charge in [-0.25, -0.2) is 4.39 Å². The van der Waals surface area contributed by atoms with Crippen molar-refractivity contribution in [2.45, 2.75) is 10.6 Å². The van der Waals surface area contributed by atoms with Crippen molar-refractivity contribution in [2.24, 2.45) is 0 Å². The molecule has 20 heavy (non-hydrogen) atoms. The molecule has 0 saturated heterocycles. The predicted molar refractivity (Wildman–Crippen MR) is 79.1 cm³/mol. The minimum atomic E-state index is -0.517. The molecule has 104 valence electrons. The largest absolute Gasteiger partial charge is 0.284 e. The lowest BCUT2D eigenvalue weighted by molar-refractivity contribution is -0.387. The third-order valence-corrected chi connectivity index (χ3v) is 4.23. The molecule has 0 atom stereocenters. The van der Waals surface area contributed by atoms with Gasteiger partial charge in [0.15, 0.2) is 0 Å². The molecule has 2 rings (SSSR count). The highest BCUT2D eigenvalue weighted by atomic mass is 35.5. The van der Waals surface area contributed by atoms with Gasteiger partial charge in [0.2, 0.25) is 0 Å². The summed E-state index contributed by atoms with van der Waals surface area (Å²) in [7, 11) is 0. The topological polar surface area (TPSA) is 43.1 Å². The van der Waals surface area contributed by atoms with Gasteiger partial charge in [-0.05, 0) is 24.3 Å². The molecule has 0 unspecified atom stereocenters. The number of nitro benzene ring substituents is 1. The van der Waals surface area contributed by atoms with E-state index in [9.17, 15) is 14.5 Å². The third-order valence-electron chi connectivity index (χ3n) is 2.55. The van der Waals surface area contributed by atoms with E-state index in [1.165, 1.54) is 18.2 Å². The average molecular weight is 332 g/mol. The number of halogens is 3. The number of hydrogen-bond acceptors (Lipinski definition) is 3. The SMILES string of the molecule is O=[N+]([O-])c1cc(Cl)ccc1SCc1c(F)cccc1Cl. The molecule has 7 heteroatoms. The Morgan fingerprint density at radius 3 is 2.65 bits per heavy atom. The molecule has 0 aliphatic heterocycles. The molecule has 0 bridgehead atoms. The van der Waals surface area contributed by atoms with E-state index in [1.807, 2.05) is 0 Å². The van der Waals surface area contributed by atoms with E-state index >= 15 is 0 Å². The van der Waals surface area contributed by atoms with Crippen LogP contribution in [0, 0.1) is 15.9 Å². The maximum Gasteiger partial charge on any atom is 0.284 e. The Labute approximate surface area is 128 Å². The summed E-state index contributed by atoms with van der Waals surface area (Å²) < 4.78 is 13.6. The second-order valence-electron chi connectivity index (χ2n) is 3.86. The lowest BCUT2D eigenvalue weighted by atomic mass is 10.2. The van der Waals surface area contributed by atoms with E-state index in [0.717, 1.165) is 11.8 Å². The van der Waals surface area contributed by atoms with Crippen LogP contribution in [0.15, 0.2) is 41.3 Å². The van der Waals surface area contributed by atoms with Crippen LogP contribution in [0.25, 0.3) is 0 Å². The Morgan fingerprint density at radius 1 is 1.25 bits per heavy atom. The molecule has 0 aromatic heterocycles. The van der Waals surface area contributed by atoms with E-state index in [-0.39, 0.29) is 16.5 Å². The first-order valence-corrected chi connectivity index (χ1v) is 7.23. The number of nitro groups is 1. The minimum absolute atomic E-state index is 0.102. The lowest BCUT2D eigenvalue weighted by Gasteiger charge is -2.06. The van der Waals surface area contributed by atoms with Gasteiger partial charge in [0.1, 0.15) is 5.82 Å². The molecule has 3 nitrogen and oxygen atoms in total. The van der Waals surface area contributed by atoms with Crippen molar-refractivity contribution in [2.75, 3.05) is 0 Å². The van der Waals surface area contributed by atoms with Crippen molar-refractivity contribution in [3.05, 3.63) is 67.9 Å². The first kappa shape index (κ1) is 15.1. The van der Waals surface area contributed by atoms with Crippen LogP contribution in [0.4, 0.5) is 10.1 Å². The number of nitrogens with zero attached hydrogens (tertiary/aromatic N) is 1. The number of benzene rings is 2. The minimum Gasteiger partial charge on any atom is -0.258 e. The maximum absolute atomic E-state index is 13.6. The molecule has 0 aliphatic rings. The summed E-state index contributed by atoms with van der Waals surface area (Å²) in [5.74, 6) is -0.227. The molecule has 0 N–H and O–H groups in total. The molecule has 0 spiro atoms. The maximum atomic E-state index is 13.6. The standard InChI is InChI=1S/C13H8Cl2FNO2S/c14-8-4-5-13(12(6-8)17(18)19)20-7-9-10(15)2-1-3-11(9)16/h1-6H,7H2. The smallest absolute Gasteiger partial charge is 0.258 e. The fraction of sp³-hybridized carbons (Fsp3) is 0.0769. The predicted octanol–water partition coefficient (Wildman–Crippen LogP) is 5.33. The van der Waals surface area contributed by atoms with Crippen molar-refractivity contribution < 1.29 is 9.31 Å². The fourth-order valence-corrected chi connectivity index (χ4v) is 3.09. The summed E-state index contributed by atoms with van der Waals surface area (Å²) >= 11 is 12.8. The van der Waals surface area contributed by atoms with Crippen LogP contribution in [-0.4, -0.2) is 4.92 Å². The molecule has 0 amide bonds. The highest BCUT2D eigenvalue weighted by Gasteiger charge is 2.16. The van der Waals surface area contributed by atoms with Gasteiger partial charge in [-0.2, -0.15) is 0 Å². The Bertz CT molecular complexity index is 647. The molecule has 0 radical (unpaired) electrons. The van der Waals surface area contributed by atoms with Gasteiger partial charge in [-0.1, -0.05) is 29.3 Å². The monoisotopic (exact) mass is 331 g/mol. The van der Waals surface area contributed by atoms with Crippen LogP contribution in [0.3, 0.4) is 0 Å². The van der Waals surface area contributed by atoms with Gasteiger partial charge < -0.3 is 0 Å². The molecule has 0 aliphatic carbocycles. The third kappa shape index (κ3) is 3.42. The number of hydrogen-bond donors (Lipinski definition) is 0. The van der Waals surface area contributed by atoms with Crippen LogP contribution in [0.5, 0.6) is 0 Å². The molecule has 0 saturated carbocycles. The van der Waals surface area contributed by atoms with Crippen LogP contribution in [0.2, 0.25) is 10.0 Å². The second kappa shape index (κ2) is 6.43. The van der Waals surface area contributed by atoms with E-state index in [4.69, 9.17) is 23.2 Å². The Morgan fingerprint density at radius 2 is 2.00 bits per heavy atom. The summed E-state index contributed by atoms with van der Waals surface area (Å²) in [4.78, 5) is 10.9. The van der Waals surface area contributed by atoms with Crippen molar-refractivity contribution in [1.29, 1.82) is 0 Å². The van der Waals surface area contributed by atoms with Gasteiger partial charge in [-0.3, -0.25) is 10.1 Å². The van der Waals surface area contributed by atoms with Gasteiger partial charge in [0.25, 0.3) is 5.69 Å². The zero-order valence-electron chi connectivity index (χ0n) is 9.98.